The minimum absolute atomic E-state index is 0.0237. The first-order valence-corrected chi connectivity index (χ1v) is 8.00. The van der Waals surface area contributed by atoms with E-state index < -0.39 is 5.97 Å². The summed E-state index contributed by atoms with van der Waals surface area (Å²) in [5.41, 5.74) is 1.57. The summed E-state index contributed by atoms with van der Waals surface area (Å²) >= 11 is 1.50. The second kappa shape index (κ2) is 6.45. The molecule has 1 amide bonds. The lowest BCUT2D eigenvalue weighted by Gasteiger charge is -2.14. The number of carbonyl (C=O) groups is 2. The lowest BCUT2D eigenvalue weighted by Crippen LogP contribution is -2.24. The molecule has 0 aliphatic carbocycles. The van der Waals surface area contributed by atoms with Gasteiger partial charge >= 0.3 is 5.97 Å². The topological polar surface area (TPSA) is 92.2 Å². The quantitative estimate of drug-likeness (QED) is 0.897. The number of carboxylic acids is 1. The molecular formula is C16H19N3O3S. The third-order valence-electron chi connectivity index (χ3n) is 3.27. The van der Waals surface area contributed by atoms with Gasteiger partial charge in [-0.2, -0.15) is 0 Å². The van der Waals surface area contributed by atoms with E-state index in [1.165, 1.54) is 23.5 Å². The van der Waals surface area contributed by atoms with Crippen molar-refractivity contribution in [3.05, 3.63) is 45.2 Å². The Hall–Kier alpha value is -2.28. The molecule has 2 heterocycles. The van der Waals surface area contributed by atoms with Crippen LogP contribution in [-0.4, -0.2) is 27.0 Å². The van der Waals surface area contributed by atoms with Crippen LogP contribution in [0.2, 0.25) is 0 Å². The van der Waals surface area contributed by atoms with E-state index in [1.54, 1.807) is 6.92 Å². The fourth-order valence-corrected chi connectivity index (χ4v) is 2.86. The van der Waals surface area contributed by atoms with Crippen LogP contribution in [0.1, 0.15) is 58.0 Å². The van der Waals surface area contributed by atoms with E-state index in [1.807, 2.05) is 5.38 Å². The van der Waals surface area contributed by atoms with E-state index in [0.29, 0.717) is 12.2 Å². The fraction of sp³-hybridized carbons (Fsp3) is 0.375. The van der Waals surface area contributed by atoms with Crippen LogP contribution in [-0.2, 0) is 12.0 Å². The van der Waals surface area contributed by atoms with Crippen LogP contribution >= 0.6 is 11.3 Å². The van der Waals surface area contributed by atoms with Crippen molar-refractivity contribution in [1.29, 1.82) is 0 Å². The maximum absolute atomic E-state index is 12.1. The summed E-state index contributed by atoms with van der Waals surface area (Å²) in [6.07, 6.45) is 0. The van der Waals surface area contributed by atoms with Crippen molar-refractivity contribution in [3.63, 3.8) is 0 Å². The standard InChI is InChI=1S/C16H19N3O3S/c1-9-10(15(21)22)5-6-11(18-9)14(20)17-7-13-19-12(8-23-13)16(2,3)4/h5-6,8H,7H2,1-4H3,(H,17,20)(H,21,22). The number of nitrogens with one attached hydrogen (secondary N) is 1. The third-order valence-corrected chi connectivity index (χ3v) is 4.12. The molecule has 7 heteroatoms. The van der Waals surface area contributed by atoms with Crippen molar-refractivity contribution >= 4 is 23.2 Å². The van der Waals surface area contributed by atoms with E-state index in [0.717, 1.165) is 10.7 Å². The molecule has 0 saturated carbocycles. The maximum atomic E-state index is 12.1. The molecule has 0 radical (unpaired) electrons. The number of thiazole rings is 1. The number of aromatic carboxylic acids is 1. The molecule has 0 saturated heterocycles. The molecule has 0 spiro atoms. The molecule has 122 valence electrons. The molecule has 0 bridgehead atoms. The number of aryl methyl sites for hydroxylation is 1. The van der Waals surface area contributed by atoms with Gasteiger partial charge in [0.1, 0.15) is 10.7 Å². The van der Waals surface area contributed by atoms with Crippen LogP contribution in [0.4, 0.5) is 0 Å². The summed E-state index contributed by atoms with van der Waals surface area (Å²) in [6, 6.07) is 2.80. The Morgan fingerprint density at radius 1 is 1.26 bits per heavy atom. The van der Waals surface area contributed by atoms with Gasteiger partial charge in [-0.15, -0.1) is 11.3 Å². The third kappa shape index (κ3) is 4.13. The van der Waals surface area contributed by atoms with Crippen molar-refractivity contribution in [3.8, 4) is 0 Å². The van der Waals surface area contributed by atoms with E-state index >= 15 is 0 Å². The maximum Gasteiger partial charge on any atom is 0.337 e. The number of aromatic nitrogens is 2. The highest BCUT2D eigenvalue weighted by Gasteiger charge is 2.18. The van der Waals surface area contributed by atoms with Crippen molar-refractivity contribution in [2.75, 3.05) is 0 Å². The van der Waals surface area contributed by atoms with Gasteiger partial charge in [0.2, 0.25) is 0 Å². The first-order chi connectivity index (χ1) is 10.7. The van der Waals surface area contributed by atoms with E-state index in [-0.39, 0.29) is 22.6 Å². The van der Waals surface area contributed by atoms with Gasteiger partial charge in [-0.25, -0.2) is 14.8 Å². The van der Waals surface area contributed by atoms with Gasteiger partial charge < -0.3 is 10.4 Å². The van der Waals surface area contributed by atoms with Gasteiger partial charge in [0.05, 0.1) is 23.5 Å². The van der Waals surface area contributed by atoms with Crippen LogP contribution in [0.5, 0.6) is 0 Å². The van der Waals surface area contributed by atoms with Crippen LogP contribution < -0.4 is 5.32 Å². The van der Waals surface area contributed by atoms with Crippen LogP contribution in [0, 0.1) is 6.92 Å². The molecule has 0 fully saturated rings. The summed E-state index contributed by atoms with van der Waals surface area (Å²) < 4.78 is 0. The highest BCUT2D eigenvalue weighted by atomic mass is 32.1. The van der Waals surface area contributed by atoms with Crippen LogP contribution in [0.25, 0.3) is 0 Å². The van der Waals surface area contributed by atoms with Gasteiger partial charge in [0.25, 0.3) is 5.91 Å². The van der Waals surface area contributed by atoms with Crippen molar-refractivity contribution in [2.24, 2.45) is 0 Å². The molecule has 2 rings (SSSR count). The summed E-state index contributed by atoms with van der Waals surface area (Å²) in [4.78, 5) is 31.6. The van der Waals surface area contributed by atoms with Gasteiger partial charge in [-0.3, -0.25) is 4.79 Å². The first kappa shape index (κ1) is 17.1. The number of carboxylic acid groups (broad SMARTS) is 1. The predicted molar refractivity (Wildman–Crippen MR) is 87.9 cm³/mol. The van der Waals surface area contributed by atoms with Gasteiger partial charge in [-0.1, -0.05) is 20.8 Å². The van der Waals surface area contributed by atoms with E-state index in [2.05, 4.69) is 36.1 Å². The number of pyridine rings is 1. The Bertz CT molecular complexity index is 747. The number of amides is 1. The Morgan fingerprint density at radius 3 is 2.48 bits per heavy atom. The zero-order valence-corrected chi connectivity index (χ0v) is 14.3. The number of hydrogen-bond donors (Lipinski definition) is 2. The zero-order valence-electron chi connectivity index (χ0n) is 13.5. The average molecular weight is 333 g/mol. The summed E-state index contributed by atoms with van der Waals surface area (Å²) in [6.45, 7) is 8.14. The van der Waals surface area contributed by atoms with Gasteiger partial charge in [0.15, 0.2) is 0 Å². The molecule has 2 N–H and O–H groups in total. The number of hydrogen-bond acceptors (Lipinski definition) is 5. The second-order valence-electron chi connectivity index (χ2n) is 6.19. The Morgan fingerprint density at radius 2 is 1.96 bits per heavy atom. The molecule has 0 aliphatic heterocycles. The largest absolute Gasteiger partial charge is 0.478 e. The SMILES string of the molecule is Cc1nc(C(=O)NCc2nc(C(C)(C)C)cs2)ccc1C(=O)O. The van der Waals surface area contributed by atoms with Crippen molar-refractivity contribution in [2.45, 2.75) is 39.7 Å². The normalized spacial score (nSPS) is 11.3. The Balaban J connectivity index is 2.04. The lowest BCUT2D eigenvalue weighted by atomic mass is 9.93. The highest BCUT2D eigenvalue weighted by molar-refractivity contribution is 7.09. The minimum atomic E-state index is -1.06. The molecule has 2 aromatic heterocycles. The van der Waals surface area contributed by atoms with Crippen LogP contribution in [0.15, 0.2) is 17.5 Å². The van der Waals surface area contributed by atoms with Gasteiger partial charge in [-0.05, 0) is 19.1 Å². The molecule has 23 heavy (non-hydrogen) atoms. The molecule has 6 nitrogen and oxygen atoms in total. The van der Waals surface area contributed by atoms with E-state index in [9.17, 15) is 9.59 Å². The predicted octanol–water partition coefficient (Wildman–Crippen LogP) is 2.77. The molecular weight excluding hydrogens is 314 g/mol. The minimum Gasteiger partial charge on any atom is -0.478 e. The Labute approximate surface area is 138 Å². The molecule has 0 atom stereocenters. The molecule has 0 aliphatic rings. The summed E-state index contributed by atoms with van der Waals surface area (Å²) in [5, 5.41) is 14.5. The monoisotopic (exact) mass is 333 g/mol. The second-order valence-corrected chi connectivity index (χ2v) is 7.14. The fourth-order valence-electron chi connectivity index (χ4n) is 1.90. The van der Waals surface area contributed by atoms with E-state index in [4.69, 9.17) is 5.11 Å². The summed E-state index contributed by atoms with van der Waals surface area (Å²) in [5.74, 6) is -1.41. The van der Waals surface area contributed by atoms with Crippen LogP contribution in [0.3, 0.4) is 0 Å². The number of nitrogens with zero attached hydrogens (tertiary/aromatic N) is 2. The molecule has 2 aromatic rings. The number of carbonyl (C=O) groups excluding carboxylic acids is 1. The van der Waals surface area contributed by atoms with Crippen molar-refractivity contribution < 1.29 is 14.7 Å². The smallest absolute Gasteiger partial charge is 0.337 e. The van der Waals surface area contributed by atoms with Crippen molar-refractivity contribution in [1.82, 2.24) is 15.3 Å². The van der Waals surface area contributed by atoms with Gasteiger partial charge in [0, 0.05) is 10.8 Å². The zero-order chi connectivity index (χ0) is 17.2. The first-order valence-electron chi connectivity index (χ1n) is 7.12. The molecule has 0 aromatic carbocycles. The summed E-state index contributed by atoms with van der Waals surface area (Å²) in [7, 11) is 0. The Kier molecular flexibility index (Phi) is 4.79. The average Bonchev–Trinajstić information content (AvgIpc) is 2.93. The number of rotatable bonds is 4. The highest BCUT2D eigenvalue weighted by Crippen LogP contribution is 2.23. The lowest BCUT2D eigenvalue weighted by molar-refractivity contribution is 0.0694. The molecule has 0 unspecified atom stereocenters.